The number of nitrogens with one attached hydrogen (secondary N) is 1. The third kappa shape index (κ3) is 3.16. The van der Waals surface area contributed by atoms with Gasteiger partial charge in [-0.25, -0.2) is 0 Å². The van der Waals surface area contributed by atoms with Crippen LogP contribution in [0.3, 0.4) is 0 Å². The number of nitrogens with zero attached hydrogens (tertiary/aromatic N) is 1. The van der Waals surface area contributed by atoms with Crippen molar-refractivity contribution in [1.82, 2.24) is 10.2 Å². The molecule has 1 atom stereocenters. The van der Waals surface area contributed by atoms with Crippen molar-refractivity contribution < 1.29 is 9.59 Å². The van der Waals surface area contributed by atoms with Crippen molar-refractivity contribution in [1.29, 1.82) is 0 Å². The van der Waals surface area contributed by atoms with E-state index in [0.29, 0.717) is 18.0 Å². The summed E-state index contributed by atoms with van der Waals surface area (Å²) in [5.41, 5.74) is 0. The highest BCUT2D eigenvalue weighted by Crippen LogP contribution is 2.22. The molecule has 6 heteroatoms. The first-order valence-electron chi connectivity index (χ1n) is 6.90. The zero-order valence-electron chi connectivity index (χ0n) is 11.5. The molecular weight excluding hydrogens is 304 g/mol. The predicted molar refractivity (Wildman–Crippen MR) is 84.5 cm³/mol. The molecule has 4 nitrogen and oxygen atoms in total. The molecule has 3 heterocycles. The van der Waals surface area contributed by atoms with E-state index < -0.39 is 0 Å². The molecule has 2 amide bonds. The molecule has 0 aliphatic carbocycles. The Morgan fingerprint density at radius 1 is 1.24 bits per heavy atom. The first-order valence-corrected chi connectivity index (χ1v) is 8.66. The summed E-state index contributed by atoms with van der Waals surface area (Å²) in [5.74, 6) is -0.0791. The molecule has 3 rings (SSSR count). The number of amides is 2. The summed E-state index contributed by atoms with van der Waals surface area (Å²) < 4.78 is 0. The van der Waals surface area contributed by atoms with E-state index in [1.54, 1.807) is 16.2 Å². The molecule has 1 saturated heterocycles. The number of hydrogen-bond acceptors (Lipinski definition) is 4. The fraction of sp³-hybridized carbons (Fsp3) is 0.333. The van der Waals surface area contributed by atoms with Crippen molar-refractivity contribution in [3.8, 4) is 0 Å². The quantitative estimate of drug-likeness (QED) is 0.941. The van der Waals surface area contributed by atoms with Crippen molar-refractivity contribution in [2.75, 3.05) is 6.54 Å². The summed E-state index contributed by atoms with van der Waals surface area (Å²) in [4.78, 5) is 28.3. The Labute approximate surface area is 131 Å². The van der Waals surface area contributed by atoms with Gasteiger partial charge in [-0.05, 0) is 35.7 Å². The second-order valence-electron chi connectivity index (χ2n) is 4.93. The van der Waals surface area contributed by atoms with Crippen LogP contribution in [0.1, 0.15) is 27.4 Å². The summed E-state index contributed by atoms with van der Waals surface area (Å²) in [6.07, 6.45) is 1.63. The maximum absolute atomic E-state index is 12.4. The molecule has 110 valence electrons. The molecule has 1 N–H and O–H groups in total. The summed E-state index contributed by atoms with van der Waals surface area (Å²) in [6.45, 7) is 1.20. The Morgan fingerprint density at radius 2 is 2.05 bits per heavy atom. The topological polar surface area (TPSA) is 49.4 Å². The molecule has 0 bridgehead atoms. The van der Waals surface area contributed by atoms with Crippen molar-refractivity contribution >= 4 is 34.5 Å². The maximum atomic E-state index is 12.4. The van der Waals surface area contributed by atoms with E-state index in [1.165, 1.54) is 11.3 Å². The van der Waals surface area contributed by atoms with Gasteiger partial charge in [0.1, 0.15) is 6.04 Å². The highest BCUT2D eigenvalue weighted by molar-refractivity contribution is 7.12. The molecule has 0 unspecified atom stereocenters. The monoisotopic (exact) mass is 320 g/mol. The Morgan fingerprint density at radius 3 is 2.76 bits per heavy atom. The van der Waals surface area contributed by atoms with E-state index in [9.17, 15) is 9.59 Å². The van der Waals surface area contributed by atoms with E-state index in [2.05, 4.69) is 5.32 Å². The average Bonchev–Trinajstić information content (AvgIpc) is 3.26. The minimum Gasteiger partial charge on any atom is -0.349 e. The number of hydrogen-bond donors (Lipinski definition) is 1. The van der Waals surface area contributed by atoms with E-state index in [-0.39, 0.29) is 17.9 Å². The molecule has 2 aromatic rings. The van der Waals surface area contributed by atoms with Gasteiger partial charge >= 0.3 is 0 Å². The molecule has 1 aliphatic rings. The van der Waals surface area contributed by atoms with Crippen LogP contribution in [0.15, 0.2) is 35.0 Å². The van der Waals surface area contributed by atoms with Gasteiger partial charge in [0.15, 0.2) is 0 Å². The lowest BCUT2D eigenvalue weighted by atomic mass is 10.2. The molecule has 2 aromatic heterocycles. The third-order valence-electron chi connectivity index (χ3n) is 3.57. The van der Waals surface area contributed by atoms with Crippen LogP contribution >= 0.6 is 22.7 Å². The normalized spacial score (nSPS) is 17.9. The molecule has 0 aromatic carbocycles. The number of carbonyl (C=O) groups is 2. The van der Waals surface area contributed by atoms with Gasteiger partial charge in [0, 0.05) is 11.4 Å². The largest absolute Gasteiger partial charge is 0.349 e. The van der Waals surface area contributed by atoms with E-state index in [0.717, 1.165) is 17.7 Å². The number of likely N-dealkylation sites (tertiary alicyclic amines) is 1. The second-order valence-corrected chi connectivity index (χ2v) is 6.91. The van der Waals surface area contributed by atoms with E-state index in [1.807, 2.05) is 35.0 Å². The molecule has 0 radical (unpaired) electrons. The van der Waals surface area contributed by atoms with Crippen LogP contribution in [-0.2, 0) is 11.3 Å². The maximum Gasteiger partial charge on any atom is 0.264 e. The van der Waals surface area contributed by atoms with Crippen LogP contribution in [0.4, 0.5) is 0 Å². The van der Waals surface area contributed by atoms with Crippen LogP contribution in [0.5, 0.6) is 0 Å². The van der Waals surface area contributed by atoms with E-state index >= 15 is 0 Å². The fourth-order valence-electron chi connectivity index (χ4n) is 2.53. The molecule has 21 heavy (non-hydrogen) atoms. The van der Waals surface area contributed by atoms with Crippen LogP contribution in [0.25, 0.3) is 0 Å². The minimum atomic E-state index is -0.334. The highest BCUT2D eigenvalue weighted by atomic mass is 32.1. The molecule has 0 saturated carbocycles. The van der Waals surface area contributed by atoms with Crippen molar-refractivity contribution in [2.45, 2.75) is 25.4 Å². The van der Waals surface area contributed by atoms with Gasteiger partial charge in [0.25, 0.3) is 5.91 Å². The lowest BCUT2D eigenvalue weighted by molar-refractivity contribution is -0.125. The second kappa shape index (κ2) is 6.41. The Bertz CT molecular complexity index is 608. The number of carbonyl (C=O) groups excluding carboxylic acids is 2. The number of rotatable bonds is 4. The Balaban J connectivity index is 1.63. The summed E-state index contributed by atoms with van der Waals surface area (Å²) in [5, 5.41) is 6.81. The minimum absolute atomic E-state index is 0.0289. The number of thiophene rings is 2. The SMILES string of the molecule is O=C(NCc1cccs1)[C@@H]1CCCN1C(=O)c1cccs1. The van der Waals surface area contributed by atoms with Gasteiger partial charge < -0.3 is 10.2 Å². The van der Waals surface area contributed by atoms with Crippen LogP contribution in [0, 0.1) is 0 Å². The predicted octanol–water partition coefficient (Wildman–Crippen LogP) is 2.73. The molecular formula is C15H16N2O2S2. The van der Waals surface area contributed by atoms with Gasteiger partial charge in [0.2, 0.25) is 5.91 Å². The van der Waals surface area contributed by atoms with Gasteiger partial charge in [-0.2, -0.15) is 0 Å². The van der Waals surface area contributed by atoms with Gasteiger partial charge in [0.05, 0.1) is 11.4 Å². The lowest BCUT2D eigenvalue weighted by Crippen LogP contribution is -2.45. The molecule has 1 fully saturated rings. The van der Waals surface area contributed by atoms with Crippen LogP contribution in [-0.4, -0.2) is 29.3 Å². The van der Waals surface area contributed by atoms with Crippen molar-refractivity contribution in [2.24, 2.45) is 0 Å². The first kappa shape index (κ1) is 14.3. The Kier molecular flexibility index (Phi) is 4.36. The average molecular weight is 320 g/mol. The fourth-order valence-corrected chi connectivity index (χ4v) is 3.85. The lowest BCUT2D eigenvalue weighted by Gasteiger charge is -2.23. The molecule has 1 aliphatic heterocycles. The zero-order chi connectivity index (χ0) is 14.7. The van der Waals surface area contributed by atoms with Gasteiger partial charge in [-0.3, -0.25) is 9.59 Å². The Hall–Kier alpha value is -1.66. The van der Waals surface area contributed by atoms with Crippen LogP contribution < -0.4 is 5.32 Å². The smallest absolute Gasteiger partial charge is 0.264 e. The third-order valence-corrected chi connectivity index (χ3v) is 5.30. The van der Waals surface area contributed by atoms with E-state index in [4.69, 9.17) is 0 Å². The summed E-state index contributed by atoms with van der Waals surface area (Å²) >= 11 is 3.04. The summed E-state index contributed by atoms with van der Waals surface area (Å²) in [6, 6.07) is 7.30. The summed E-state index contributed by atoms with van der Waals surface area (Å²) in [7, 11) is 0. The highest BCUT2D eigenvalue weighted by Gasteiger charge is 2.34. The first-order chi connectivity index (χ1) is 10.3. The van der Waals surface area contributed by atoms with Crippen molar-refractivity contribution in [3.05, 3.63) is 44.8 Å². The van der Waals surface area contributed by atoms with Crippen molar-refractivity contribution in [3.63, 3.8) is 0 Å². The molecule has 0 spiro atoms. The van der Waals surface area contributed by atoms with Crippen LogP contribution in [0.2, 0.25) is 0 Å². The standard InChI is InChI=1S/C15H16N2O2S2/c18-14(16-10-11-4-2-8-20-11)12-5-1-7-17(12)15(19)13-6-3-9-21-13/h2-4,6,8-9,12H,1,5,7,10H2,(H,16,18)/t12-/m0/s1. The zero-order valence-corrected chi connectivity index (χ0v) is 13.1. The van der Waals surface area contributed by atoms with Gasteiger partial charge in [-0.1, -0.05) is 12.1 Å². The van der Waals surface area contributed by atoms with Gasteiger partial charge in [-0.15, -0.1) is 22.7 Å².